The number of hydrogen-bond acceptors (Lipinski definition) is 6. The SMILES string of the molecule is CC(=O)N1CCc2cc(C(=O)C(C)OC(=O)CCC(=O)c3ccc(Cl)s3)ccc21. The molecule has 1 aliphatic rings. The molecule has 2 heterocycles. The fourth-order valence-corrected chi connectivity index (χ4v) is 4.24. The zero-order valence-corrected chi connectivity index (χ0v) is 17.6. The summed E-state index contributed by atoms with van der Waals surface area (Å²) in [6.45, 7) is 3.61. The van der Waals surface area contributed by atoms with Crippen LogP contribution in [0.25, 0.3) is 0 Å². The number of carbonyl (C=O) groups excluding carboxylic acids is 4. The Hall–Kier alpha value is -2.51. The van der Waals surface area contributed by atoms with E-state index in [0.29, 0.717) is 27.7 Å². The van der Waals surface area contributed by atoms with E-state index >= 15 is 0 Å². The molecule has 0 aliphatic carbocycles. The van der Waals surface area contributed by atoms with Gasteiger partial charge in [0.2, 0.25) is 11.7 Å². The molecule has 29 heavy (non-hydrogen) atoms. The Morgan fingerprint density at radius 1 is 1.17 bits per heavy atom. The average Bonchev–Trinajstić information content (AvgIpc) is 3.31. The molecule has 152 valence electrons. The molecule has 1 atom stereocenters. The average molecular weight is 434 g/mol. The van der Waals surface area contributed by atoms with Crippen molar-refractivity contribution >= 4 is 52.1 Å². The first-order valence-electron chi connectivity index (χ1n) is 9.19. The van der Waals surface area contributed by atoms with E-state index in [2.05, 4.69) is 0 Å². The van der Waals surface area contributed by atoms with E-state index in [1.54, 1.807) is 35.2 Å². The van der Waals surface area contributed by atoms with Gasteiger partial charge in [-0.2, -0.15) is 0 Å². The standard InChI is InChI=1S/C21H20ClNO5S/c1-12(28-20(26)8-5-17(25)18-6-7-19(22)29-18)21(27)15-3-4-16-14(11-15)9-10-23(16)13(2)24/h3-4,6-7,11-12H,5,8-10H2,1-2H3. The van der Waals surface area contributed by atoms with Crippen molar-refractivity contribution in [2.45, 2.75) is 39.2 Å². The van der Waals surface area contributed by atoms with Gasteiger partial charge in [-0.25, -0.2) is 0 Å². The third-order valence-electron chi connectivity index (χ3n) is 4.72. The molecule has 6 nitrogen and oxygen atoms in total. The van der Waals surface area contributed by atoms with Crippen LogP contribution in [-0.4, -0.2) is 36.1 Å². The van der Waals surface area contributed by atoms with Gasteiger partial charge in [-0.1, -0.05) is 11.6 Å². The zero-order valence-electron chi connectivity index (χ0n) is 16.1. The molecule has 0 saturated carbocycles. The van der Waals surface area contributed by atoms with Gasteiger partial charge in [-0.15, -0.1) is 11.3 Å². The van der Waals surface area contributed by atoms with Crippen LogP contribution in [0.1, 0.15) is 52.3 Å². The van der Waals surface area contributed by atoms with Gasteiger partial charge in [0, 0.05) is 31.1 Å². The molecule has 0 spiro atoms. The van der Waals surface area contributed by atoms with Crippen molar-refractivity contribution in [2.75, 3.05) is 11.4 Å². The van der Waals surface area contributed by atoms with Crippen molar-refractivity contribution in [1.29, 1.82) is 0 Å². The maximum Gasteiger partial charge on any atom is 0.306 e. The molecular formula is C21H20ClNO5S. The number of benzene rings is 1. The summed E-state index contributed by atoms with van der Waals surface area (Å²) >= 11 is 6.97. The lowest BCUT2D eigenvalue weighted by atomic mass is 10.0. The summed E-state index contributed by atoms with van der Waals surface area (Å²) in [7, 11) is 0. The molecule has 1 aromatic heterocycles. The van der Waals surface area contributed by atoms with E-state index in [4.69, 9.17) is 16.3 Å². The molecule has 8 heteroatoms. The second kappa shape index (κ2) is 8.88. The van der Waals surface area contributed by atoms with Crippen LogP contribution in [0, 0.1) is 0 Å². The maximum atomic E-state index is 12.6. The first-order chi connectivity index (χ1) is 13.8. The van der Waals surface area contributed by atoms with E-state index < -0.39 is 12.1 Å². The molecule has 0 radical (unpaired) electrons. The predicted octanol–water partition coefficient (Wildman–Crippen LogP) is 4.09. The fourth-order valence-electron chi connectivity index (χ4n) is 3.23. The fraction of sp³-hybridized carbons (Fsp3) is 0.333. The number of anilines is 1. The number of ketones is 2. The van der Waals surface area contributed by atoms with E-state index in [-0.39, 0.29) is 30.3 Å². The van der Waals surface area contributed by atoms with Crippen LogP contribution in [0.15, 0.2) is 30.3 Å². The van der Waals surface area contributed by atoms with Gasteiger partial charge in [0.25, 0.3) is 0 Å². The van der Waals surface area contributed by atoms with Crippen molar-refractivity contribution in [3.63, 3.8) is 0 Å². The van der Waals surface area contributed by atoms with Crippen molar-refractivity contribution in [2.24, 2.45) is 0 Å². The minimum Gasteiger partial charge on any atom is -0.454 e. The van der Waals surface area contributed by atoms with Crippen molar-refractivity contribution in [3.8, 4) is 0 Å². The second-order valence-electron chi connectivity index (χ2n) is 6.79. The van der Waals surface area contributed by atoms with Crippen molar-refractivity contribution in [1.82, 2.24) is 0 Å². The third-order valence-corrected chi connectivity index (χ3v) is 5.99. The van der Waals surface area contributed by atoms with E-state index in [9.17, 15) is 19.2 Å². The summed E-state index contributed by atoms with van der Waals surface area (Å²) in [6.07, 6.45) is -0.392. The molecule has 1 aliphatic heterocycles. The number of amides is 1. The lowest BCUT2D eigenvalue weighted by Crippen LogP contribution is -2.26. The number of rotatable bonds is 7. The highest BCUT2D eigenvalue weighted by atomic mass is 35.5. The molecule has 0 fully saturated rings. The lowest BCUT2D eigenvalue weighted by molar-refractivity contribution is -0.146. The highest BCUT2D eigenvalue weighted by molar-refractivity contribution is 7.18. The smallest absolute Gasteiger partial charge is 0.306 e. The maximum absolute atomic E-state index is 12.6. The minimum atomic E-state index is -0.961. The number of carbonyl (C=O) groups is 4. The Morgan fingerprint density at radius 2 is 1.93 bits per heavy atom. The largest absolute Gasteiger partial charge is 0.454 e. The number of fused-ring (bicyclic) bond motifs is 1. The number of ether oxygens (including phenoxy) is 1. The number of halogens is 1. The minimum absolute atomic E-state index is 0.00366. The summed E-state index contributed by atoms with van der Waals surface area (Å²) in [6, 6.07) is 8.38. The van der Waals surface area contributed by atoms with Crippen LogP contribution in [0.3, 0.4) is 0 Å². The number of hydrogen-bond donors (Lipinski definition) is 0. The molecule has 1 amide bonds. The third kappa shape index (κ3) is 4.92. The van der Waals surface area contributed by atoms with Gasteiger partial charge in [0.1, 0.15) is 0 Å². The summed E-state index contributed by atoms with van der Waals surface area (Å²) < 4.78 is 5.72. The normalized spacial score (nSPS) is 13.7. The molecule has 2 aromatic rings. The Balaban J connectivity index is 1.56. The first-order valence-corrected chi connectivity index (χ1v) is 10.4. The molecule has 0 bridgehead atoms. The Kier molecular flexibility index (Phi) is 6.49. The van der Waals surface area contributed by atoms with Gasteiger partial charge in [-0.05, 0) is 49.2 Å². The Bertz CT molecular complexity index is 983. The number of esters is 1. The highest BCUT2D eigenvalue weighted by Gasteiger charge is 2.25. The topological polar surface area (TPSA) is 80.8 Å². The van der Waals surface area contributed by atoms with Crippen LogP contribution < -0.4 is 4.90 Å². The molecular weight excluding hydrogens is 414 g/mol. The van der Waals surface area contributed by atoms with Crippen LogP contribution in [0.4, 0.5) is 5.69 Å². The van der Waals surface area contributed by atoms with Gasteiger partial charge in [0.05, 0.1) is 15.6 Å². The van der Waals surface area contributed by atoms with Crippen molar-refractivity contribution < 1.29 is 23.9 Å². The van der Waals surface area contributed by atoms with Gasteiger partial charge < -0.3 is 9.64 Å². The number of nitrogens with zero attached hydrogens (tertiary/aromatic N) is 1. The first kappa shape index (κ1) is 21.2. The van der Waals surface area contributed by atoms with Crippen LogP contribution in [0.5, 0.6) is 0 Å². The van der Waals surface area contributed by atoms with E-state index in [1.165, 1.54) is 13.8 Å². The van der Waals surface area contributed by atoms with Crippen LogP contribution >= 0.6 is 22.9 Å². The van der Waals surface area contributed by atoms with Crippen molar-refractivity contribution in [3.05, 3.63) is 50.7 Å². The van der Waals surface area contributed by atoms with Gasteiger partial charge in [-0.3, -0.25) is 19.2 Å². The summed E-state index contributed by atoms with van der Waals surface area (Å²) in [5, 5.41) is 0. The molecule has 0 N–H and O–H groups in total. The molecule has 1 aromatic carbocycles. The number of thiophene rings is 1. The van der Waals surface area contributed by atoms with E-state index in [1.807, 2.05) is 0 Å². The highest BCUT2D eigenvalue weighted by Crippen LogP contribution is 2.29. The predicted molar refractivity (Wildman–Crippen MR) is 111 cm³/mol. The summed E-state index contributed by atoms with van der Waals surface area (Å²) in [4.78, 5) is 50.5. The Morgan fingerprint density at radius 3 is 2.59 bits per heavy atom. The Labute approximate surface area is 177 Å². The van der Waals surface area contributed by atoms with Gasteiger partial charge in [0.15, 0.2) is 11.9 Å². The second-order valence-corrected chi connectivity index (χ2v) is 8.50. The lowest BCUT2D eigenvalue weighted by Gasteiger charge is -2.16. The van der Waals surface area contributed by atoms with Gasteiger partial charge >= 0.3 is 5.97 Å². The van der Waals surface area contributed by atoms with Crippen LogP contribution in [0.2, 0.25) is 4.34 Å². The quantitative estimate of drug-likeness (QED) is 0.485. The molecule has 3 rings (SSSR count). The summed E-state index contributed by atoms with van der Waals surface area (Å²) in [5.41, 5.74) is 2.16. The van der Waals surface area contributed by atoms with Crippen LogP contribution in [-0.2, 0) is 20.7 Å². The van der Waals surface area contributed by atoms with E-state index in [0.717, 1.165) is 22.6 Å². The summed E-state index contributed by atoms with van der Waals surface area (Å²) in [5.74, 6) is -1.15. The number of Topliss-reactive ketones (excluding diaryl/α,β-unsaturated/α-hetero) is 2. The molecule has 1 unspecified atom stereocenters. The zero-order chi connectivity index (χ0) is 21.1. The molecule has 0 saturated heterocycles. The monoisotopic (exact) mass is 433 g/mol.